The molecule has 0 aliphatic heterocycles. The summed E-state index contributed by atoms with van der Waals surface area (Å²) in [5.74, 6) is 6.41. The van der Waals surface area contributed by atoms with Crippen molar-refractivity contribution in [2.45, 2.75) is 45.4 Å². The highest BCUT2D eigenvalue weighted by atomic mass is 32.1. The molecular formula is C32H38N6O4S. The Morgan fingerprint density at radius 3 is 2.58 bits per heavy atom. The maximum absolute atomic E-state index is 12.8. The Hall–Kier alpha value is -4.66. The number of benzene rings is 2. The molecule has 0 radical (unpaired) electrons. The van der Waals surface area contributed by atoms with Crippen LogP contribution < -0.4 is 26.8 Å². The van der Waals surface area contributed by atoms with Gasteiger partial charge in [0.05, 0.1) is 19.4 Å². The van der Waals surface area contributed by atoms with Crippen LogP contribution in [0.3, 0.4) is 0 Å². The molecule has 1 heterocycles. The monoisotopic (exact) mass is 602 g/mol. The van der Waals surface area contributed by atoms with Crippen LogP contribution in [0.5, 0.6) is 5.75 Å². The van der Waals surface area contributed by atoms with Crippen LogP contribution in [-0.2, 0) is 33.6 Å². The van der Waals surface area contributed by atoms with Crippen LogP contribution in [0.25, 0.3) is 0 Å². The molecule has 0 fully saturated rings. The first-order valence-corrected chi connectivity index (χ1v) is 14.7. The number of carbonyl (C=O) groups excluding carboxylic acids is 2. The summed E-state index contributed by atoms with van der Waals surface area (Å²) in [6.07, 6.45) is 6.74. The van der Waals surface area contributed by atoms with Gasteiger partial charge in [-0.25, -0.2) is 0 Å². The molecule has 2 aromatic carbocycles. The molecule has 0 spiro atoms. The molecule has 3 rings (SSSR count). The lowest BCUT2D eigenvalue weighted by Crippen LogP contribution is -2.28. The van der Waals surface area contributed by atoms with Gasteiger partial charge in [0, 0.05) is 24.8 Å². The van der Waals surface area contributed by atoms with E-state index in [0.29, 0.717) is 42.6 Å². The summed E-state index contributed by atoms with van der Waals surface area (Å²) in [6.45, 7) is 2.64. The van der Waals surface area contributed by atoms with E-state index in [-0.39, 0.29) is 30.5 Å². The lowest BCUT2D eigenvalue weighted by molar-refractivity contribution is -0.119. The van der Waals surface area contributed by atoms with E-state index in [4.69, 9.17) is 20.9 Å². The van der Waals surface area contributed by atoms with Crippen molar-refractivity contribution in [1.29, 1.82) is 0 Å². The second kappa shape index (κ2) is 18.0. The van der Waals surface area contributed by atoms with Crippen molar-refractivity contribution in [1.82, 2.24) is 15.5 Å². The second-order valence-electron chi connectivity index (χ2n) is 9.54. The van der Waals surface area contributed by atoms with Crippen molar-refractivity contribution >= 4 is 28.3 Å². The molecule has 10 nitrogen and oxygen atoms in total. The number of nitrogens with zero attached hydrogens (tertiary/aromatic N) is 2. The number of allylic oxidation sites excluding steroid dienone is 3. The average Bonchev–Trinajstić information content (AvgIpc) is 3.43. The van der Waals surface area contributed by atoms with Crippen molar-refractivity contribution in [3.63, 3.8) is 0 Å². The van der Waals surface area contributed by atoms with E-state index >= 15 is 0 Å². The molecule has 43 heavy (non-hydrogen) atoms. The largest absolute Gasteiger partial charge is 0.491 e. The van der Waals surface area contributed by atoms with Gasteiger partial charge in [0.15, 0.2) is 0 Å². The number of nitrogens with two attached hydrogens (primary N) is 2. The van der Waals surface area contributed by atoms with Crippen LogP contribution in [-0.4, -0.2) is 42.3 Å². The molecule has 1 aromatic heterocycles. The van der Waals surface area contributed by atoms with E-state index in [1.807, 2.05) is 48.5 Å². The highest BCUT2D eigenvalue weighted by Crippen LogP contribution is 2.21. The minimum absolute atomic E-state index is 0.127. The van der Waals surface area contributed by atoms with Gasteiger partial charge in [-0.15, -0.1) is 16.1 Å². The summed E-state index contributed by atoms with van der Waals surface area (Å²) in [5, 5.41) is 15.1. The second-order valence-corrected chi connectivity index (χ2v) is 10.6. The smallest absolute Gasteiger partial charge is 0.230 e. The molecule has 0 saturated heterocycles. The third-order valence-electron chi connectivity index (χ3n) is 6.03. The van der Waals surface area contributed by atoms with E-state index in [2.05, 4.69) is 32.7 Å². The molecule has 6 N–H and O–H groups in total. The highest BCUT2D eigenvalue weighted by Gasteiger charge is 2.12. The number of aryl methyl sites for hydroxylation is 1. The molecule has 2 amide bonds. The predicted octanol–water partition coefficient (Wildman–Crippen LogP) is 3.83. The van der Waals surface area contributed by atoms with Crippen LogP contribution in [0.2, 0.25) is 0 Å². The number of amides is 2. The van der Waals surface area contributed by atoms with Crippen LogP contribution in [0.1, 0.15) is 47.9 Å². The average molecular weight is 603 g/mol. The summed E-state index contributed by atoms with van der Waals surface area (Å²) in [7, 11) is 1.61. The number of hydrogen-bond acceptors (Lipinski definition) is 9. The molecule has 0 unspecified atom stereocenters. The SMILES string of the molecule is CC#Cc1ccc(OCCOC)cc1CC(=O)Nc1nnc(CCCC/C(N)=C/C=C(\N)NC(=O)Cc2ccccc2)s1. The molecule has 226 valence electrons. The third kappa shape index (κ3) is 12.4. The van der Waals surface area contributed by atoms with E-state index < -0.39 is 0 Å². The van der Waals surface area contributed by atoms with Gasteiger partial charge in [0.25, 0.3) is 0 Å². The lowest BCUT2D eigenvalue weighted by atomic mass is 10.0. The molecule has 0 aliphatic rings. The molecule has 0 saturated carbocycles. The van der Waals surface area contributed by atoms with Gasteiger partial charge in [-0.2, -0.15) is 0 Å². The normalized spacial score (nSPS) is 11.4. The Labute approximate surface area is 256 Å². The zero-order valence-electron chi connectivity index (χ0n) is 24.5. The maximum Gasteiger partial charge on any atom is 0.230 e. The van der Waals surface area contributed by atoms with E-state index in [1.54, 1.807) is 26.2 Å². The number of aromatic nitrogens is 2. The number of anilines is 1. The zero-order chi connectivity index (χ0) is 30.9. The zero-order valence-corrected chi connectivity index (χ0v) is 25.3. The Kier molecular flexibility index (Phi) is 13.8. The fraction of sp³-hybridized carbons (Fsp3) is 0.312. The fourth-order valence-electron chi connectivity index (χ4n) is 3.96. The summed E-state index contributed by atoms with van der Waals surface area (Å²) < 4.78 is 10.7. The minimum atomic E-state index is -0.211. The summed E-state index contributed by atoms with van der Waals surface area (Å²) in [6, 6.07) is 15.0. The van der Waals surface area contributed by atoms with Crippen molar-refractivity contribution in [2.75, 3.05) is 25.6 Å². The van der Waals surface area contributed by atoms with Crippen LogP contribution in [0.15, 0.2) is 72.2 Å². The molecule has 3 aromatic rings. The maximum atomic E-state index is 12.8. The first kappa shape index (κ1) is 32.8. The summed E-state index contributed by atoms with van der Waals surface area (Å²) in [4.78, 5) is 24.9. The van der Waals surface area contributed by atoms with Crippen molar-refractivity contribution in [3.05, 3.63) is 93.9 Å². The standard InChI is InChI=1S/C32H38N6O4S/c1-3-9-24-14-16-27(42-19-18-41-2)21-25(24)22-30(40)36-32-38-37-31(43-32)13-8-7-12-26(33)15-17-28(34)35-29(39)20-23-10-5-4-6-11-23/h4-6,10-11,14-17,21H,7-8,12-13,18-20,22,33-34H2,1-2H3,(H,35,39)(H,36,38,40)/b26-15-,28-17+. The highest BCUT2D eigenvalue weighted by molar-refractivity contribution is 7.15. The molecule has 11 heteroatoms. The number of methoxy groups -OCH3 is 1. The summed E-state index contributed by atoms with van der Waals surface area (Å²) >= 11 is 1.35. The lowest BCUT2D eigenvalue weighted by Gasteiger charge is -2.10. The third-order valence-corrected chi connectivity index (χ3v) is 6.93. The minimum Gasteiger partial charge on any atom is -0.491 e. The van der Waals surface area contributed by atoms with E-state index in [0.717, 1.165) is 34.5 Å². The molecule has 0 aliphatic carbocycles. The van der Waals surface area contributed by atoms with Crippen LogP contribution in [0, 0.1) is 11.8 Å². The van der Waals surface area contributed by atoms with Crippen LogP contribution >= 0.6 is 11.3 Å². The Balaban J connectivity index is 1.41. The molecular weight excluding hydrogens is 564 g/mol. The number of carbonyl (C=O) groups is 2. The first-order valence-electron chi connectivity index (χ1n) is 13.9. The van der Waals surface area contributed by atoms with Gasteiger partial charge in [-0.05, 0) is 67.7 Å². The Morgan fingerprint density at radius 2 is 1.81 bits per heavy atom. The van der Waals surface area contributed by atoms with Gasteiger partial charge < -0.3 is 31.6 Å². The van der Waals surface area contributed by atoms with E-state index in [9.17, 15) is 9.59 Å². The topological polar surface area (TPSA) is 154 Å². The quantitative estimate of drug-likeness (QED) is 0.110. The number of ether oxygens (including phenoxy) is 2. The summed E-state index contributed by atoms with van der Waals surface area (Å²) in [5.41, 5.74) is 15.1. The number of rotatable bonds is 16. The van der Waals surface area contributed by atoms with Crippen LogP contribution in [0.4, 0.5) is 5.13 Å². The Bertz CT molecular complexity index is 1470. The number of nitrogens with one attached hydrogen (secondary N) is 2. The number of hydrogen-bond donors (Lipinski definition) is 4. The van der Waals surface area contributed by atoms with Gasteiger partial charge in [-0.3, -0.25) is 9.59 Å². The first-order chi connectivity index (χ1) is 20.9. The van der Waals surface area contributed by atoms with E-state index in [1.165, 1.54) is 11.3 Å². The van der Waals surface area contributed by atoms with Crippen molar-refractivity contribution in [2.24, 2.45) is 11.5 Å². The van der Waals surface area contributed by atoms with Gasteiger partial charge >= 0.3 is 0 Å². The van der Waals surface area contributed by atoms with Crippen molar-refractivity contribution in [3.8, 4) is 17.6 Å². The van der Waals surface area contributed by atoms with Gasteiger partial charge in [-0.1, -0.05) is 47.6 Å². The fourth-order valence-corrected chi connectivity index (χ4v) is 4.76. The van der Waals surface area contributed by atoms with Gasteiger partial charge in [0.1, 0.15) is 23.2 Å². The van der Waals surface area contributed by atoms with Crippen molar-refractivity contribution < 1.29 is 19.1 Å². The molecule has 0 atom stereocenters. The Morgan fingerprint density at radius 1 is 1.00 bits per heavy atom. The number of unbranched alkanes of at least 4 members (excludes halogenated alkanes) is 1. The van der Waals surface area contributed by atoms with Gasteiger partial charge in [0.2, 0.25) is 16.9 Å². The molecule has 0 bridgehead atoms. The predicted molar refractivity (Wildman–Crippen MR) is 169 cm³/mol.